The first-order valence-corrected chi connectivity index (χ1v) is 10.4. The van der Waals surface area contributed by atoms with Crippen molar-refractivity contribution in [2.75, 3.05) is 62.2 Å². The number of methoxy groups -OCH3 is 4. The number of aliphatic hydroxyl groups is 1. The number of hydrogen-bond acceptors (Lipinski definition) is 10. The summed E-state index contributed by atoms with van der Waals surface area (Å²) in [5, 5.41) is 10.1. The molecule has 11 heteroatoms. The molecule has 1 aliphatic heterocycles. The fourth-order valence-electron chi connectivity index (χ4n) is 3.47. The van der Waals surface area contributed by atoms with Crippen molar-refractivity contribution in [3.8, 4) is 0 Å². The summed E-state index contributed by atoms with van der Waals surface area (Å²) in [6.07, 6.45) is -3.03. The molecule has 5 atom stereocenters. The van der Waals surface area contributed by atoms with Crippen molar-refractivity contribution in [1.82, 2.24) is 0 Å². The van der Waals surface area contributed by atoms with Crippen molar-refractivity contribution in [3.05, 3.63) is 34.3 Å². The van der Waals surface area contributed by atoms with Gasteiger partial charge in [0, 0.05) is 33.5 Å². The smallest absolute Gasteiger partial charge is 0.146 e. The van der Waals surface area contributed by atoms with Gasteiger partial charge in [-0.15, -0.1) is 0 Å². The summed E-state index contributed by atoms with van der Waals surface area (Å²) in [5.41, 5.74) is 1.31. The van der Waals surface area contributed by atoms with Crippen LogP contribution in [0.3, 0.4) is 0 Å². The minimum Gasteiger partial charge on any atom is -0.392 e. The van der Waals surface area contributed by atoms with E-state index >= 15 is 0 Å². The number of halogens is 1. The van der Waals surface area contributed by atoms with Crippen LogP contribution < -0.4 is 0 Å². The second-order valence-electron chi connectivity index (χ2n) is 6.99. The van der Waals surface area contributed by atoms with E-state index in [0.29, 0.717) is 10.6 Å². The summed E-state index contributed by atoms with van der Waals surface area (Å²) in [6, 6.07) is 5.28. The molecule has 0 aliphatic carbocycles. The molecule has 10 nitrogen and oxygen atoms in total. The van der Waals surface area contributed by atoms with Crippen molar-refractivity contribution in [2.45, 2.75) is 37.1 Å². The van der Waals surface area contributed by atoms with Crippen molar-refractivity contribution in [1.29, 1.82) is 0 Å². The number of benzene rings is 1. The van der Waals surface area contributed by atoms with Gasteiger partial charge in [0.15, 0.2) is 0 Å². The highest BCUT2D eigenvalue weighted by atomic mass is 35.5. The molecule has 1 saturated heterocycles. The first-order valence-electron chi connectivity index (χ1n) is 10.0. The van der Waals surface area contributed by atoms with E-state index in [1.54, 1.807) is 12.1 Å². The van der Waals surface area contributed by atoms with Crippen molar-refractivity contribution in [3.63, 3.8) is 0 Å². The molecule has 2 rings (SSSR count). The van der Waals surface area contributed by atoms with Crippen LogP contribution >= 0.6 is 11.6 Å². The Morgan fingerprint density at radius 3 is 2.03 bits per heavy atom. The van der Waals surface area contributed by atoms with E-state index in [0.717, 1.165) is 5.56 Å². The summed E-state index contributed by atoms with van der Waals surface area (Å²) in [7, 11) is 6.11. The lowest BCUT2D eigenvalue weighted by Crippen LogP contribution is -2.58. The van der Waals surface area contributed by atoms with Crippen LogP contribution in [-0.4, -0.2) is 91.7 Å². The lowest BCUT2D eigenvalue weighted by atomic mass is 9.90. The molecule has 1 fully saturated rings. The van der Waals surface area contributed by atoms with Crippen molar-refractivity contribution >= 4 is 11.6 Å². The molecular formula is C21H33ClO10. The molecule has 0 amide bonds. The van der Waals surface area contributed by atoms with Crippen LogP contribution in [0.5, 0.6) is 0 Å². The molecule has 0 spiro atoms. The zero-order valence-corrected chi connectivity index (χ0v) is 19.6. The zero-order chi connectivity index (χ0) is 23.3. The van der Waals surface area contributed by atoms with Gasteiger partial charge in [-0.05, 0) is 23.3 Å². The molecule has 1 heterocycles. The molecule has 32 heavy (non-hydrogen) atoms. The highest BCUT2D eigenvalue weighted by molar-refractivity contribution is 6.31. The average Bonchev–Trinajstić information content (AvgIpc) is 2.81. The van der Waals surface area contributed by atoms with Gasteiger partial charge >= 0.3 is 0 Å². The van der Waals surface area contributed by atoms with E-state index < -0.39 is 30.5 Å². The highest BCUT2D eigenvalue weighted by Gasteiger charge is 2.49. The molecule has 1 aliphatic rings. The largest absolute Gasteiger partial charge is 0.392 e. The quantitative estimate of drug-likeness (QED) is 0.295. The summed E-state index contributed by atoms with van der Waals surface area (Å²) in [4.78, 5) is 0. The standard InChI is InChI=1S/C21H33ClO10/c1-24-10-28-9-17-19(29-11-25-2)21(31-13-27-4)20(30-12-26-3)18(32-17)14-5-6-16(22)15(7-14)8-23/h5-7,17-21,23H,8-13H2,1-4H3. The second kappa shape index (κ2) is 15.1. The van der Waals surface area contributed by atoms with Crippen molar-refractivity contribution in [2.24, 2.45) is 0 Å². The Hall–Kier alpha value is -0.890. The Morgan fingerprint density at radius 1 is 0.844 bits per heavy atom. The van der Waals surface area contributed by atoms with E-state index in [1.165, 1.54) is 28.4 Å². The maximum absolute atomic E-state index is 9.67. The predicted molar refractivity (Wildman–Crippen MR) is 113 cm³/mol. The Kier molecular flexibility index (Phi) is 12.9. The number of ether oxygens (including phenoxy) is 9. The topological polar surface area (TPSA) is 103 Å². The second-order valence-corrected chi connectivity index (χ2v) is 7.40. The van der Waals surface area contributed by atoms with E-state index in [2.05, 4.69) is 0 Å². The lowest BCUT2D eigenvalue weighted by molar-refractivity contribution is -0.299. The maximum Gasteiger partial charge on any atom is 0.146 e. The Labute approximate surface area is 193 Å². The van der Waals surface area contributed by atoms with Gasteiger partial charge in [-0.1, -0.05) is 17.7 Å². The van der Waals surface area contributed by atoms with Gasteiger partial charge in [-0.25, -0.2) is 0 Å². The minimum absolute atomic E-state index is 0.000342. The molecule has 0 radical (unpaired) electrons. The summed E-state index contributed by atoms with van der Waals surface area (Å²) < 4.78 is 50.2. The van der Waals surface area contributed by atoms with Gasteiger partial charge in [0.1, 0.15) is 57.7 Å². The molecule has 5 unspecified atom stereocenters. The van der Waals surface area contributed by atoms with Gasteiger partial charge in [-0.3, -0.25) is 0 Å². The number of aliphatic hydroxyl groups excluding tert-OH is 1. The first kappa shape index (κ1) is 27.4. The van der Waals surface area contributed by atoms with Crippen LogP contribution in [-0.2, 0) is 49.2 Å². The van der Waals surface area contributed by atoms with Crippen LogP contribution in [0.2, 0.25) is 5.02 Å². The van der Waals surface area contributed by atoms with Gasteiger partial charge in [0.25, 0.3) is 0 Å². The summed E-state index contributed by atoms with van der Waals surface area (Å²) in [6.45, 7) is 0.0592. The third kappa shape index (κ3) is 7.57. The minimum atomic E-state index is -0.640. The third-order valence-corrected chi connectivity index (χ3v) is 5.19. The highest BCUT2D eigenvalue weighted by Crippen LogP contribution is 2.38. The lowest BCUT2D eigenvalue weighted by Gasteiger charge is -2.46. The van der Waals surface area contributed by atoms with Crippen LogP contribution in [0, 0.1) is 0 Å². The van der Waals surface area contributed by atoms with E-state index in [9.17, 15) is 5.11 Å². The van der Waals surface area contributed by atoms with Crippen LogP contribution in [0.25, 0.3) is 0 Å². The van der Waals surface area contributed by atoms with Crippen molar-refractivity contribution < 1.29 is 47.7 Å². The Balaban J connectivity index is 2.43. The first-order chi connectivity index (χ1) is 15.6. The SMILES string of the molecule is COCOCC1OC(c2ccc(Cl)c(CO)c2)C(OCOC)C(OCOC)C1OCOC. The Bertz CT molecular complexity index is 649. The van der Waals surface area contributed by atoms with Gasteiger partial charge in [0.2, 0.25) is 0 Å². The molecule has 184 valence electrons. The van der Waals surface area contributed by atoms with E-state index in [-0.39, 0.29) is 40.4 Å². The molecule has 1 aromatic rings. The summed E-state index contributed by atoms with van der Waals surface area (Å²) >= 11 is 6.18. The van der Waals surface area contributed by atoms with E-state index in [1.807, 2.05) is 6.07 Å². The third-order valence-electron chi connectivity index (χ3n) is 4.82. The maximum atomic E-state index is 9.67. The molecule has 1 aromatic carbocycles. The molecule has 1 N–H and O–H groups in total. The van der Waals surface area contributed by atoms with Crippen LogP contribution in [0.15, 0.2) is 18.2 Å². The molecular weight excluding hydrogens is 448 g/mol. The van der Waals surface area contributed by atoms with Gasteiger partial charge in [-0.2, -0.15) is 0 Å². The van der Waals surface area contributed by atoms with Crippen LogP contribution in [0.1, 0.15) is 17.2 Å². The van der Waals surface area contributed by atoms with Gasteiger partial charge < -0.3 is 47.7 Å². The fourth-order valence-corrected chi connectivity index (χ4v) is 3.65. The fraction of sp³-hybridized carbons (Fsp3) is 0.714. The average molecular weight is 481 g/mol. The zero-order valence-electron chi connectivity index (χ0n) is 18.9. The molecule has 0 aromatic heterocycles. The number of rotatable bonds is 15. The molecule has 0 saturated carbocycles. The monoisotopic (exact) mass is 480 g/mol. The van der Waals surface area contributed by atoms with E-state index in [4.69, 9.17) is 54.2 Å². The Morgan fingerprint density at radius 2 is 1.44 bits per heavy atom. The summed E-state index contributed by atoms with van der Waals surface area (Å²) in [5.74, 6) is 0. The predicted octanol–water partition coefficient (Wildman–Crippen LogP) is 1.86. The van der Waals surface area contributed by atoms with Gasteiger partial charge in [0.05, 0.1) is 13.2 Å². The molecule has 0 bridgehead atoms. The van der Waals surface area contributed by atoms with Crippen LogP contribution in [0.4, 0.5) is 0 Å². The normalized spacial score (nSPS) is 25.9. The number of hydrogen-bond donors (Lipinski definition) is 1.